The number of amides is 1. The van der Waals surface area contributed by atoms with E-state index in [0.717, 1.165) is 28.4 Å². The smallest absolute Gasteiger partial charge is 0.285 e. The molecule has 0 saturated carbocycles. The summed E-state index contributed by atoms with van der Waals surface area (Å²) in [4.78, 5) is 11.9. The zero-order chi connectivity index (χ0) is 18.5. The Morgan fingerprint density at radius 3 is 2.35 bits per heavy atom. The number of nitrogens with zero attached hydrogens (tertiary/aromatic N) is 2. The van der Waals surface area contributed by atoms with E-state index in [-0.39, 0.29) is 5.69 Å². The molecule has 1 aromatic heterocycles. The average Bonchev–Trinajstić information content (AvgIpc) is 3.13. The number of methoxy groups -OCH3 is 1. The monoisotopic (exact) mass is 352 g/mol. The minimum absolute atomic E-state index is 0.229. The molecule has 1 heterocycles. The van der Waals surface area contributed by atoms with Gasteiger partial charge in [0.1, 0.15) is 11.5 Å². The molecule has 7 nitrogen and oxygen atoms in total. The van der Waals surface area contributed by atoms with E-state index in [1.54, 1.807) is 17.9 Å². The van der Waals surface area contributed by atoms with Gasteiger partial charge in [0, 0.05) is 5.56 Å². The van der Waals surface area contributed by atoms with Crippen LogP contribution in [0, 0.1) is 0 Å². The molecule has 0 radical (unpaired) electrons. The third-order valence-electron chi connectivity index (χ3n) is 3.85. The summed E-state index contributed by atoms with van der Waals surface area (Å²) in [6, 6.07) is 16.7. The van der Waals surface area contributed by atoms with Crippen molar-refractivity contribution in [1.82, 2.24) is 15.2 Å². The molecular weight excluding hydrogens is 332 g/mol. The molecular formula is C19H20N4O3. The van der Waals surface area contributed by atoms with Crippen LogP contribution in [0.5, 0.6) is 11.5 Å². The topological polar surface area (TPSA) is 91.4 Å². The highest BCUT2D eigenvalue weighted by Gasteiger charge is 2.16. The predicted octanol–water partition coefficient (Wildman–Crippen LogP) is 2.55. The van der Waals surface area contributed by atoms with E-state index in [4.69, 9.17) is 15.3 Å². The number of carbonyl (C=O) groups excluding carboxylic acids is 1. The average molecular weight is 352 g/mol. The lowest BCUT2D eigenvalue weighted by Gasteiger charge is -2.09. The normalized spacial score (nSPS) is 10.4. The van der Waals surface area contributed by atoms with Crippen molar-refractivity contribution in [3.63, 3.8) is 0 Å². The molecule has 0 aliphatic carbocycles. The molecule has 26 heavy (non-hydrogen) atoms. The summed E-state index contributed by atoms with van der Waals surface area (Å²) in [5, 5.41) is 4.39. The van der Waals surface area contributed by atoms with Crippen molar-refractivity contribution in [3.8, 4) is 28.4 Å². The molecule has 0 atom stereocenters. The van der Waals surface area contributed by atoms with Gasteiger partial charge in [-0.25, -0.2) is 10.5 Å². The molecule has 2 aromatic carbocycles. The van der Waals surface area contributed by atoms with Gasteiger partial charge >= 0.3 is 0 Å². The standard InChI is InChI=1S/C19H20N4O3/c1-3-26-16-8-4-13(5-9-16)18-12-17(19(24)21-20)22-23(18)14-6-10-15(25-2)11-7-14/h4-12H,3,20H2,1-2H3,(H,21,24). The first-order valence-electron chi connectivity index (χ1n) is 8.15. The Morgan fingerprint density at radius 1 is 1.12 bits per heavy atom. The van der Waals surface area contributed by atoms with E-state index in [1.165, 1.54) is 0 Å². The van der Waals surface area contributed by atoms with Gasteiger partial charge in [0.05, 0.1) is 25.1 Å². The van der Waals surface area contributed by atoms with Crippen molar-refractivity contribution in [2.45, 2.75) is 6.92 Å². The number of hydrogen-bond acceptors (Lipinski definition) is 5. The van der Waals surface area contributed by atoms with Gasteiger partial charge in [0.15, 0.2) is 5.69 Å². The van der Waals surface area contributed by atoms with Gasteiger partial charge in [0.25, 0.3) is 5.91 Å². The van der Waals surface area contributed by atoms with Gasteiger partial charge < -0.3 is 9.47 Å². The van der Waals surface area contributed by atoms with E-state index in [0.29, 0.717) is 6.61 Å². The molecule has 3 aromatic rings. The van der Waals surface area contributed by atoms with Gasteiger partial charge in [-0.15, -0.1) is 0 Å². The maximum atomic E-state index is 11.9. The van der Waals surface area contributed by atoms with E-state index in [2.05, 4.69) is 10.5 Å². The summed E-state index contributed by atoms with van der Waals surface area (Å²) in [6.45, 7) is 2.54. The molecule has 0 aliphatic rings. The first-order chi connectivity index (χ1) is 12.7. The number of hydrazine groups is 1. The number of nitrogens with two attached hydrogens (primary N) is 1. The van der Waals surface area contributed by atoms with E-state index in [1.807, 2.05) is 55.5 Å². The summed E-state index contributed by atoms with van der Waals surface area (Å²) in [6.07, 6.45) is 0. The third kappa shape index (κ3) is 3.52. The van der Waals surface area contributed by atoms with Crippen LogP contribution >= 0.6 is 0 Å². The largest absolute Gasteiger partial charge is 0.497 e. The Balaban J connectivity index is 2.06. The lowest BCUT2D eigenvalue weighted by Crippen LogP contribution is -2.30. The Morgan fingerprint density at radius 2 is 1.77 bits per heavy atom. The molecule has 1 amide bonds. The first-order valence-corrected chi connectivity index (χ1v) is 8.15. The summed E-state index contributed by atoms with van der Waals surface area (Å²) in [5.74, 6) is 6.32. The van der Waals surface area contributed by atoms with Gasteiger partial charge in [-0.2, -0.15) is 5.10 Å². The second-order valence-electron chi connectivity index (χ2n) is 5.46. The number of nitrogen functional groups attached to an aromatic ring is 1. The number of rotatable bonds is 6. The van der Waals surface area contributed by atoms with Crippen LogP contribution in [0.15, 0.2) is 54.6 Å². The zero-order valence-corrected chi connectivity index (χ0v) is 14.6. The van der Waals surface area contributed by atoms with E-state index in [9.17, 15) is 4.79 Å². The number of ether oxygens (including phenoxy) is 2. The van der Waals surface area contributed by atoms with Crippen LogP contribution in [0.3, 0.4) is 0 Å². The van der Waals surface area contributed by atoms with Crippen LogP contribution in [0.4, 0.5) is 0 Å². The highest BCUT2D eigenvalue weighted by atomic mass is 16.5. The zero-order valence-electron chi connectivity index (χ0n) is 14.6. The highest BCUT2D eigenvalue weighted by Crippen LogP contribution is 2.27. The number of carbonyl (C=O) groups is 1. The Labute approximate surface area is 151 Å². The molecule has 3 rings (SSSR count). The minimum Gasteiger partial charge on any atom is -0.497 e. The Kier molecular flexibility index (Phi) is 5.19. The second-order valence-corrected chi connectivity index (χ2v) is 5.46. The van der Waals surface area contributed by atoms with Crippen LogP contribution in [-0.2, 0) is 0 Å². The summed E-state index contributed by atoms with van der Waals surface area (Å²) in [7, 11) is 1.61. The van der Waals surface area contributed by atoms with Gasteiger partial charge in [-0.05, 0) is 61.5 Å². The number of aromatic nitrogens is 2. The molecule has 7 heteroatoms. The predicted molar refractivity (Wildman–Crippen MR) is 98.4 cm³/mol. The molecule has 0 fully saturated rings. The van der Waals surface area contributed by atoms with Crippen molar-refractivity contribution in [3.05, 3.63) is 60.3 Å². The lowest BCUT2D eigenvalue weighted by molar-refractivity contribution is 0.0948. The van der Waals surface area contributed by atoms with Crippen LogP contribution in [0.1, 0.15) is 17.4 Å². The SMILES string of the molecule is CCOc1ccc(-c2cc(C(=O)NN)nn2-c2ccc(OC)cc2)cc1. The quantitative estimate of drug-likeness (QED) is 0.404. The van der Waals surface area contributed by atoms with Crippen LogP contribution in [0.25, 0.3) is 16.9 Å². The lowest BCUT2D eigenvalue weighted by atomic mass is 10.1. The molecule has 0 aliphatic heterocycles. The number of nitrogens with one attached hydrogen (secondary N) is 1. The maximum absolute atomic E-state index is 11.9. The molecule has 0 unspecified atom stereocenters. The van der Waals surface area contributed by atoms with Crippen molar-refractivity contribution in [1.29, 1.82) is 0 Å². The number of hydrogen-bond donors (Lipinski definition) is 2. The van der Waals surface area contributed by atoms with Gasteiger partial charge in [-0.3, -0.25) is 10.2 Å². The minimum atomic E-state index is -0.454. The van der Waals surface area contributed by atoms with Crippen molar-refractivity contribution >= 4 is 5.91 Å². The second kappa shape index (κ2) is 7.71. The first kappa shape index (κ1) is 17.5. The maximum Gasteiger partial charge on any atom is 0.285 e. The van der Waals surface area contributed by atoms with Crippen LogP contribution < -0.4 is 20.7 Å². The molecule has 0 spiro atoms. The third-order valence-corrected chi connectivity index (χ3v) is 3.85. The van der Waals surface area contributed by atoms with Gasteiger partial charge in [-0.1, -0.05) is 0 Å². The summed E-state index contributed by atoms with van der Waals surface area (Å²) >= 11 is 0. The summed E-state index contributed by atoms with van der Waals surface area (Å²) < 4.78 is 12.4. The van der Waals surface area contributed by atoms with Crippen molar-refractivity contribution in [2.75, 3.05) is 13.7 Å². The fourth-order valence-electron chi connectivity index (χ4n) is 2.58. The molecule has 134 valence electrons. The Hall–Kier alpha value is -3.32. The fraction of sp³-hybridized carbons (Fsp3) is 0.158. The van der Waals surface area contributed by atoms with E-state index >= 15 is 0 Å². The van der Waals surface area contributed by atoms with Gasteiger partial charge in [0.2, 0.25) is 0 Å². The Bertz CT molecular complexity index is 886. The van der Waals surface area contributed by atoms with Crippen molar-refractivity contribution < 1.29 is 14.3 Å². The molecule has 0 saturated heterocycles. The molecule has 0 bridgehead atoms. The van der Waals surface area contributed by atoms with Crippen molar-refractivity contribution in [2.24, 2.45) is 5.84 Å². The van der Waals surface area contributed by atoms with Crippen LogP contribution in [0.2, 0.25) is 0 Å². The summed E-state index contributed by atoms with van der Waals surface area (Å²) in [5.41, 5.74) is 4.80. The fourth-order valence-corrected chi connectivity index (χ4v) is 2.58. The number of benzene rings is 2. The highest BCUT2D eigenvalue weighted by molar-refractivity contribution is 5.93. The molecule has 3 N–H and O–H groups in total. The van der Waals surface area contributed by atoms with E-state index < -0.39 is 5.91 Å². The van der Waals surface area contributed by atoms with Crippen LogP contribution in [-0.4, -0.2) is 29.4 Å².